The van der Waals surface area contributed by atoms with E-state index in [9.17, 15) is 4.79 Å². The normalized spacial score (nSPS) is 15.2. The summed E-state index contributed by atoms with van der Waals surface area (Å²) >= 11 is 5.61. The second kappa shape index (κ2) is 8.48. The van der Waals surface area contributed by atoms with E-state index in [2.05, 4.69) is 15.6 Å². The highest BCUT2D eigenvalue weighted by Gasteiger charge is 2.36. The number of carbonyl (C=O) groups excluding carboxylic acids is 1. The third-order valence-electron chi connectivity index (χ3n) is 5.12. The van der Waals surface area contributed by atoms with Gasteiger partial charge in [-0.2, -0.15) is 0 Å². The van der Waals surface area contributed by atoms with Crippen molar-refractivity contribution in [1.29, 1.82) is 0 Å². The third-order valence-corrected chi connectivity index (χ3v) is 5.32. The average molecular weight is 384 g/mol. The number of nitrogens with zero attached hydrogens (tertiary/aromatic N) is 1. The maximum Gasteiger partial charge on any atom is 0.338 e. The number of nitrogens with one attached hydrogen (secondary N) is 2. The molecule has 1 saturated carbocycles. The summed E-state index contributed by atoms with van der Waals surface area (Å²) in [4.78, 5) is 16.2. The zero-order chi connectivity index (χ0) is 19.3. The topological polar surface area (TPSA) is 63.2 Å². The summed E-state index contributed by atoms with van der Waals surface area (Å²) in [5.74, 6) is -0.318. The Labute approximate surface area is 165 Å². The first-order valence-corrected chi connectivity index (χ1v) is 9.73. The van der Waals surface area contributed by atoms with Crippen LogP contribution in [0, 0.1) is 6.92 Å². The Morgan fingerprint density at radius 3 is 2.59 bits per heavy atom. The molecular formula is C21H25N3O2S. The van der Waals surface area contributed by atoms with Crippen molar-refractivity contribution >= 4 is 29.0 Å². The monoisotopic (exact) mass is 383 g/mol. The average Bonchev–Trinajstić information content (AvgIpc) is 3.14. The number of aromatic nitrogens is 1. The van der Waals surface area contributed by atoms with Gasteiger partial charge in [-0.25, -0.2) is 4.79 Å². The van der Waals surface area contributed by atoms with Gasteiger partial charge in [0, 0.05) is 18.1 Å². The highest BCUT2D eigenvalue weighted by Crippen LogP contribution is 2.38. The van der Waals surface area contributed by atoms with Crippen LogP contribution in [0.15, 0.2) is 42.7 Å². The van der Waals surface area contributed by atoms with Gasteiger partial charge in [-0.3, -0.25) is 4.98 Å². The predicted molar refractivity (Wildman–Crippen MR) is 111 cm³/mol. The van der Waals surface area contributed by atoms with Gasteiger partial charge in [-0.15, -0.1) is 0 Å². The highest BCUT2D eigenvalue weighted by molar-refractivity contribution is 7.80. The molecule has 0 unspecified atom stereocenters. The molecule has 6 heteroatoms. The molecule has 1 fully saturated rings. The molecular weight excluding hydrogens is 358 g/mol. The smallest absolute Gasteiger partial charge is 0.338 e. The molecule has 1 aliphatic carbocycles. The molecule has 2 N–H and O–H groups in total. The zero-order valence-corrected chi connectivity index (χ0v) is 16.6. The van der Waals surface area contributed by atoms with Crippen LogP contribution in [0.3, 0.4) is 0 Å². The molecule has 1 aromatic carbocycles. The Kier molecular flexibility index (Phi) is 6.06. The van der Waals surface area contributed by atoms with Gasteiger partial charge < -0.3 is 15.4 Å². The molecule has 0 spiro atoms. The summed E-state index contributed by atoms with van der Waals surface area (Å²) < 4.78 is 5.13. The Hall–Kier alpha value is -2.47. The minimum atomic E-state index is -0.318. The van der Waals surface area contributed by atoms with Crippen molar-refractivity contribution < 1.29 is 9.53 Å². The number of esters is 1. The molecule has 1 aliphatic rings. The molecule has 0 radical (unpaired) electrons. The second-order valence-electron chi connectivity index (χ2n) is 6.80. The number of hydrogen-bond donors (Lipinski definition) is 2. The fourth-order valence-corrected chi connectivity index (χ4v) is 4.01. The van der Waals surface area contributed by atoms with Crippen molar-refractivity contribution in [2.75, 3.05) is 11.9 Å². The fourth-order valence-electron chi connectivity index (χ4n) is 3.71. The Balaban J connectivity index is 1.77. The van der Waals surface area contributed by atoms with Crippen LogP contribution in [0.1, 0.15) is 54.1 Å². The summed E-state index contributed by atoms with van der Waals surface area (Å²) in [6.07, 6.45) is 8.02. The van der Waals surface area contributed by atoms with Crippen LogP contribution < -0.4 is 10.6 Å². The zero-order valence-electron chi connectivity index (χ0n) is 15.7. The van der Waals surface area contributed by atoms with Gasteiger partial charge in [0.15, 0.2) is 5.11 Å². The van der Waals surface area contributed by atoms with E-state index in [1.165, 1.54) is 5.56 Å². The predicted octanol–water partition coefficient (Wildman–Crippen LogP) is 4.32. The lowest BCUT2D eigenvalue weighted by atomic mass is 9.89. The quantitative estimate of drug-likeness (QED) is 0.592. The van der Waals surface area contributed by atoms with Gasteiger partial charge in [0.2, 0.25) is 0 Å². The molecule has 0 bridgehead atoms. The number of anilines is 1. The molecule has 0 atom stereocenters. The lowest BCUT2D eigenvalue weighted by Gasteiger charge is -2.32. The maximum absolute atomic E-state index is 12.1. The second-order valence-corrected chi connectivity index (χ2v) is 7.21. The van der Waals surface area contributed by atoms with Crippen molar-refractivity contribution in [1.82, 2.24) is 10.3 Å². The standard InChI is InChI=1S/C21H25N3O2S/c1-3-26-19(25)17-7-6-8-18(15(17)2)23-20(27)24-21(11-4-5-12-21)16-9-13-22-14-10-16/h6-10,13-14H,3-5,11-12H2,1-2H3,(H2,23,24,27). The largest absolute Gasteiger partial charge is 0.462 e. The van der Waals surface area contributed by atoms with Gasteiger partial charge in [0.1, 0.15) is 0 Å². The number of hydrogen-bond acceptors (Lipinski definition) is 4. The number of thiocarbonyl (C=S) groups is 1. The highest BCUT2D eigenvalue weighted by atomic mass is 32.1. The molecule has 1 heterocycles. The first-order valence-electron chi connectivity index (χ1n) is 9.32. The third kappa shape index (κ3) is 4.27. The number of benzene rings is 1. The first kappa shape index (κ1) is 19.3. The van der Waals surface area contributed by atoms with Crippen molar-refractivity contribution in [2.45, 2.75) is 45.1 Å². The van der Waals surface area contributed by atoms with Gasteiger partial charge >= 0.3 is 5.97 Å². The number of ether oxygens (including phenoxy) is 1. The summed E-state index contributed by atoms with van der Waals surface area (Å²) in [5, 5.41) is 7.35. The van der Waals surface area contributed by atoms with Crippen LogP contribution in [0.2, 0.25) is 0 Å². The van der Waals surface area contributed by atoms with E-state index in [0.717, 1.165) is 36.9 Å². The van der Waals surface area contributed by atoms with Crippen LogP contribution in [0.25, 0.3) is 0 Å². The van der Waals surface area contributed by atoms with Crippen LogP contribution in [-0.2, 0) is 10.3 Å². The summed E-state index contributed by atoms with van der Waals surface area (Å²) in [6.45, 7) is 4.05. The van der Waals surface area contributed by atoms with Crippen LogP contribution >= 0.6 is 12.2 Å². The molecule has 3 rings (SSSR count). The maximum atomic E-state index is 12.1. The van der Waals surface area contributed by atoms with E-state index in [1.807, 2.05) is 43.6 Å². The van der Waals surface area contributed by atoms with Gasteiger partial charge in [-0.05, 0) is 74.3 Å². The summed E-state index contributed by atoms with van der Waals surface area (Å²) in [6, 6.07) is 9.61. The van der Waals surface area contributed by atoms with E-state index >= 15 is 0 Å². The fraction of sp³-hybridized carbons (Fsp3) is 0.381. The Morgan fingerprint density at radius 1 is 1.22 bits per heavy atom. The minimum absolute atomic E-state index is 0.167. The summed E-state index contributed by atoms with van der Waals surface area (Å²) in [7, 11) is 0. The van der Waals surface area contributed by atoms with Crippen LogP contribution in [0.4, 0.5) is 5.69 Å². The van der Waals surface area contributed by atoms with E-state index in [1.54, 1.807) is 13.0 Å². The number of carbonyl (C=O) groups is 1. The van der Waals surface area contributed by atoms with Crippen molar-refractivity contribution in [3.63, 3.8) is 0 Å². The molecule has 1 aromatic heterocycles. The molecule has 0 saturated heterocycles. The van der Waals surface area contributed by atoms with Gasteiger partial charge in [0.25, 0.3) is 0 Å². The van der Waals surface area contributed by atoms with Crippen LogP contribution in [-0.4, -0.2) is 22.7 Å². The molecule has 0 aliphatic heterocycles. The number of pyridine rings is 1. The molecule has 142 valence electrons. The summed E-state index contributed by atoms with van der Waals surface area (Å²) in [5.41, 5.74) is 3.22. The molecule has 27 heavy (non-hydrogen) atoms. The SMILES string of the molecule is CCOC(=O)c1cccc(NC(=S)NC2(c3ccncc3)CCCC2)c1C. The van der Waals surface area contributed by atoms with Crippen molar-refractivity contribution in [3.8, 4) is 0 Å². The van der Waals surface area contributed by atoms with Crippen molar-refractivity contribution in [2.24, 2.45) is 0 Å². The van der Waals surface area contributed by atoms with Gasteiger partial charge in [0.05, 0.1) is 17.7 Å². The van der Waals surface area contributed by atoms with E-state index in [-0.39, 0.29) is 11.5 Å². The first-order chi connectivity index (χ1) is 13.1. The lowest BCUT2D eigenvalue weighted by molar-refractivity contribution is 0.0525. The van der Waals surface area contributed by atoms with E-state index in [0.29, 0.717) is 17.3 Å². The van der Waals surface area contributed by atoms with Gasteiger partial charge in [-0.1, -0.05) is 18.9 Å². The number of rotatable bonds is 5. The van der Waals surface area contributed by atoms with E-state index in [4.69, 9.17) is 17.0 Å². The molecule has 2 aromatic rings. The lowest BCUT2D eigenvalue weighted by Crippen LogP contribution is -2.45. The van der Waals surface area contributed by atoms with Crippen LogP contribution in [0.5, 0.6) is 0 Å². The van der Waals surface area contributed by atoms with Crippen molar-refractivity contribution in [3.05, 3.63) is 59.4 Å². The molecule has 5 nitrogen and oxygen atoms in total. The minimum Gasteiger partial charge on any atom is -0.462 e. The Bertz CT molecular complexity index is 817. The molecule has 0 amide bonds. The van der Waals surface area contributed by atoms with E-state index < -0.39 is 0 Å². The Morgan fingerprint density at radius 2 is 1.93 bits per heavy atom.